The van der Waals surface area contributed by atoms with Gasteiger partial charge in [0.2, 0.25) is 11.4 Å². The van der Waals surface area contributed by atoms with Gasteiger partial charge in [-0.15, -0.1) is 0 Å². The molecule has 12 aromatic rings. The number of halogens is 1. The summed E-state index contributed by atoms with van der Waals surface area (Å²) in [6.45, 7) is 10.1. The van der Waals surface area contributed by atoms with Crippen molar-refractivity contribution < 1.29 is 35.1 Å². The maximum absolute atomic E-state index is 10.2. The molecule has 6 N–H and O–H groups in total. The molecule has 1 atom stereocenters. The van der Waals surface area contributed by atoms with E-state index in [1.807, 2.05) is 105 Å². The van der Waals surface area contributed by atoms with Crippen molar-refractivity contribution in [3.05, 3.63) is 366 Å². The van der Waals surface area contributed by atoms with Gasteiger partial charge in [-0.3, -0.25) is 54.6 Å². The van der Waals surface area contributed by atoms with Crippen LogP contribution < -0.4 is 10.3 Å². The summed E-state index contributed by atoms with van der Waals surface area (Å²) in [4.78, 5) is 65.5. The van der Waals surface area contributed by atoms with Gasteiger partial charge in [-0.2, -0.15) is 0 Å². The maximum Gasteiger partial charge on any atom is 0.337 e. The topological polar surface area (TPSA) is 302 Å². The quantitative estimate of drug-likeness (QED) is 0.0770. The first-order valence-electron chi connectivity index (χ1n) is 32.6. The minimum Gasteiger partial charge on any atom is -0.506 e. The van der Waals surface area contributed by atoms with Crippen LogP contribution in [0.2, 0.25) is 5.02 Å². The lowest BCUT2D eigenvalue weighted by molar-refractivity contribution is 0.0696. The SMILES string of the molecule is C1=CCC(c2ccncc2)CC1.C=Cc1ccncc1.CC(C)c1ccncc1.COc1ccccn1.Cc1ccc(O)cn1.Clc1cccnc1.O=C(O)c1cccnc1.O=c1cccc[nH]1.OCCc1ccccn1.OCc1cccnc1.Oc1cccnc1.c1cnc2c(c1)CCCC2. The summed E-state index contributed by atoms with van der Waals surface area (Å²) in [5.74, 6) is 1.50. The van der Waals surface area contributed by atoms with Crippen LogP contribution in [0.1, 0.15) is 113 Å². The molecule has 0 saturated carbocycles. The third kappa shape index (κ3) is 42.8. The second-order valence-electron chi connectivity index (χ2n) is 21.5. The van der Waals surface area contributed by atoms with Crippen molar-refractivity contribution in [1.82, 2.24) is 59.8 Å². The number of pyridine rings is 12. The van der Waals surface area contributed by atoms with Gasteiger partial charge in [-0.25, -0.2) is 9.78 Å². The van der Waals surface area contributed by atoms with Crippen molar-refractivity contribution in [3.8, 4) is 17.4 Å². The van der Waals surface area contributed by atoms with E-state index in [4.69, 9.17) is 41.9 Å². The fraction of sp³-hybridized carbons (Fsp3) is 0.198. The number of carbonyl (C=O) groups is 1. The molecule has 0 fully saturated rings. The fourth-order valence-corrected chi connectivity index (χ4v) is 8.28. The van der Waals surface area contributed by atoms with Crippen molar-refractivity contribution in [2.24, 2.45) is 0 Å². The van der Waals surface area contributed by atoms with Crippen molar-refractivity contribution in [1.29, 1.82) is 0 Å². The number of nitrogens with one attached hydrogen (secondary N) is 1. The predicted octanol–water partition coefficient (Wildman–Crippen LogP) is 15.8. The Morgan fingerprint density at radius 3 is 1.60 bits per heavy atom. The number of hydrogen-bond donors (Lipinski definition) is 6. The highest BCUT2D eigenvalue weighted by atomic mass is 35.5. The van der Waals surface area contributed by atoms with Crippen molar-refractivity contribution >= 4 is 23.6 Å². The van der Waals surface area contributed by atoms with Crippen molar-refractivity contribution in [2.45, 2.75) is 90.6 Å². The molecule has 0 aliphatic heterocycles. The standard InChI is InChI=1S/C11H13N.C9H11N.C8H11N.C7H9NO.C7H7N.C6H5NO2.3C6H7NO.C5H4ClN.2C5H5NO/c1-2-4-10(5-3-1)11-6-8-12-9-7-11;1-2-6-9-8(4-1)5-3-7-10-9;1-7(2)8-3-5-9-6-4-8;9-6-4-7-3-1-2-5-8-7;1-2-7-3-5-8-6-4-7;8-6(9)5-2-1-3-7-4-5;1-5-2-3-6(8)4-7-5;1-8-6-4-2-3-5-7-6;8-5-6-2-1-3-7-4-6;6-5-2-1-3-7-4-5;7-5-2-1-3-6-4-5;7-5-3-1-2-4-6-5/h1-2,6-10H,3-5H2;3,5,7H,1-2,4,6H2;3-7H,1-2H3;1-3,5,9H,4,6H2;2-6H,1H2;1-4H,(H,8,9);2-4,8H,1H3;2-5H,1H3;1-4,8H,5H2;1-4H;1-4,7H;1-4H,(H,6,7). The van der Waals surface area contributed by atoms with E-state index in [2.05, 4.69) is 111 Å². The normalized spacial score (nSPS) is 11.3. The van der Waals surface area contributed by atoms with Crippen LogP contribution in [-0.4, -0.2) is 105 Å². The highest BCUT2D eigenvalue weighted by Crippen LogP contribution is 2.28. The van der Waals surface area contributed by atoms with Crippen LogP contribution in [0.5, 0.6) is 17.4 Å². The van der Waals surface area contributed by atoms with E-state index >= 15 is 0 Å². The molecule has 0 spiro atoms. The van der Waals surface area contributed by atoms with Crippen LogP contribution in [0.15, 0.2) is 305 Å². The van der Waals surface area contributed by atoms with Gasteiger partial charge in [-0.05, 0) is 213 Å². The van der Waals surface area contributed by atoms with E-state index in [9.17, 15) is 9.59 Å². The number of aryl methyl sites for hydroxylation is 3. The average molecular weight is 1400 g/mol. The molecule has 530 valence electrons. The second kappa shape index (κ2) is 56.1. The number of aliphatic hydroxyl groups is 2. The number of methoxy groups -OCH3 is 1. The molecule has 0 radical (unpaired) electrons. The maximum atomic E-state index is 10.2. The number of aromatic hydroxyl groups is 2. The van der Waals surface area contributed by atoms with E-state index < -0.39 is 5.97 Å². The molecule has 1 unspecified atom stereocenters. The smallest absolute Gasteiger partial charge is 0.337 e. The van der Waals surface area contributed by atoms with Gasteiger partial charge in [0.05, 0.1) is 36.7 Å². The molecular weight excluding hydrogens is 1300 g/mol. The van der Waals surface area contributed by atoms with E-state index in [1.54, 1.807) is 142 Å². The molecule has 20 nitrogen and oxygen atoms in total. The second-order valence-corrected chi connectivity index (χ2v) is 21.9. The van der Waals surface area contributed by atoms with Gasteiger partial charge < -0.3 is 35.3 Å². The van der Waals surface area contributed by atoms with Crippen LogP contribution in [0, 0.1) is 6.92 Å². The number of fused-ring (bicyclic) bond motifs is 1. The van der Waals surface area contributed by atoms with E-state index in [0.717, 1.165) is 28.4 Å². The number of carboxylic acid groups (broad SMARTS) is 1. The van der Waals surface area contributed by atoms with Crippen LogP contribution in [0.3, 0.4) is 0 Å². The Morgan fingerprint density at radius 2 is 1.21 bits per heavy atom. The number of aliphatic hydroxyl groups excluding tert-OH is 2. The van der Waals surface area contributed by atoms with Gasteiger partial charge in [0.1, 0.15) is 11.5 Å². The van der Waals surface area contributed by atoms with Gasteiger partial charge in [0.25, 0.3) is 0 Å². The Labute approximate surface area is 603 Å². The first kappa shape index (κ1) is 84.4. The van der Waals surface area contributed by atoms with Crippen molar-refractivity contribution in [2.75, 3.05) is 13.7 Å². The summed E-state index contributed by atoms with van der Waals surface area (Å²) in [5, 5.41) is 43.3. The summed E-state index contributed by atoms with van der Waals surface area (Å²) in [5.41, 5.74) is 9.58. The highest BCUT2D eigenvalue weighted by molar-refractivity contribution is 6.30. The Balaban J connectivity index is 0.000000290. The minimum atomic E-state index is -0.942. The van der Waals surface area contributed by atoms with Crippen LogP contribution in [0.25, 0.3) is 6.08 Å². The van der Waals surface area contributed by atoms with E-state index in [1.165, 1.54) is 104 Å². The lowest BCUT2D eigenvalue weighted by Gasteiger charge is -2.17. The molecular formula is C81H91ClN12O8. The number of ether oxygens (including phenoxy) is 1. The largest absolute Gasteiger partial charge is 0.506 e. The Morgan fingerprint density at radius 1 is 0.598 bits per heavy atom. The molecule has 14 rings (SSSR count). The monoisotopic (exact) mass is 1390 g/mol. The number of rotatable bonds is 8. The van der Waals surface area contributed by atoms with E-state index in [0.29, 0.717) is 23.2 Å². The summed E-state index contributed by atoms with van der Waals surface area (Å²) in [7, 11) is 1.60. The molecule has 2 aliphatic rings. The molecule has 21 heteroatoms. The number of aromatic nitrogens is 12. The summed E-state index contributed by atoms with van der Waals surface area (Å²) >= 11 is 5.48. The predicted molar refractivity (Wildman–Crippen MR) is 404 cm³/mol. The number of nitrogens with zero attached hydrogens (tertiary/aromatic N) is 11. The molecule has 0 amide bonds. The molecule has 2 aliphatic carbocycles. The van der Waals surface area contributed by atoms with Crippen LogP contribution in [-0.2, 0) is 25.9 Å². The average Bonchev–Trinajstić information content (AvgIpc) is 0.893. The third-order valence-corrected chi connectivity index (χ3v) is 13.7. The van der Waals surface area contributed by atoms with Crippen LogP contribution in [0.4, 0.5) is 0 Å². The fourth-order valence-electron chi connectivity index (χ4n) is 8.15. The summed E-state index contributed by atoms with van der Waals surface area (Å²) < 4.78 is 4.80. The van der Waals surface area contributed by atoms with Gasteiger partial charge in [-0.1, -0.05) is 80.6 Å². The van der Waals surface area contributed by atoms with Gasteiger partial charge in [0.15, 0.2) is 0 Å². The molecule has 102 heavy (non-hydrogen) atoms. The molecule has 0 aromatic carbocycles. The number of aromatic amines is 1. The van der Waals surface area contributed by atoms with Gasteiger partial charge >= 0.3 is 5.97 Å². The zero-order valence-electron chi connectivity index (χ0n) is 58.0. The Kier molecular flexibility index (Phi) is 46.4. The zero-order chi connectivity index (χ0) is 73.7. The number of allylic oxidation sites excluding steroid dienone is 2. The van der Waals surface area contributed by atoms with Crippen molar-refractivity contribution in [3.63, 3.8) is 0 Å². The molecule has 12 heterocycles. The lowest BCUT2D eigenvalue weighted by atomic mass is 9.88. The number of H-pyrrole nitrogens is 1. The first-order valence-corrected chi connectivity index (χ1v) is 33.0. The molecule has 0 saturated heterocycles. The number of aromatic carboxylic acids is 1. The third-order valence-electron chi connectivity index (χ3n) is 13.5. The molecule has 0 bridgehead atoms. The first-order chi connectivity index (χ1) is 49.7. The summed E-state index contributed by atoms with van der Waals surface area (Å²) in [6.07, 6.45) is 47.5. The summed E-state index contributed by atoms with van der Waals surface area (Å²) in [6, 6.07) is 49.5. The lowest BCUT2D eigenvalue weighted by Crippen LogP contribution is -2.03. The van der Waals surface area contributed by atoms with Crippen LogP contribution >= 0.6 is 11.6 Å². The number of hydrogen-bond acceptors (Lipinski definition) is 18. The Hall–Kier alpha value is -11.8. The van der Waals surface area contributed by atoms with E-state index in [-0.39, 0.29) is 35.8 Å². The minimum absolute atomic E-state index is 0.0532. The highest BCUT2D eigenvalue weighted by Gasteiger charge is 2.11. The number of carboxylic acids is 1. The molecule has 12 aromatic heterocycles. The van der Waals surface area contributed by atoms with Gasteiger partial charge in [0, 0.05) is 148 Å². The Bertz CT molecular complexity index is 3900. The zero-order valence-corrected chi connectivity index (χ0v) is 58.7.